The number of morpholine rings is 1. The number of aryl methyl sites for hydroxylation is 1. The van der Waals surface area contributed by atoms with Gasteiger partial charge in [0.2, 0.25) is 10.0 Å². The van der Waals surface area contributed by atoms with Gasteiger partial charge in [-0.2, -0.15) is 4.31 Å². The van der Waals surface area contributed by atoms with E-state index in [0.29, 0.717) is 31.2 Å². The molecule has 2 fully saturated rings. The third-order valence-corrected chi connectivity index (χ3v) is 7.15. The molecule has 0 radical (unpaired) electrons. The molecule has 0 aromatic heterocycles. The molecule has 0 spiro atoms. The Morgan fingerprint density at radius 3 is 2.55 bits per heavy atom. The van der Waals surface area contributed by atoms with Gasteiger partial charge < -0.3 is 14.4 Å². The molecule has 160 valence electrons. The van der Waals surface area contributed by atoms with Gasteiger partial charge in [0.25, 0.3) is 5.91 Å². The molecule has 1 heterocycles. The molecule has 1 saturated carbocycles. The van der Waals surface area contributed by atoms with Gasteiger partial charge in [-0.25, -0.2) is 8.42 Å². The molecule has 0 N–H and O–H groups in total. The quantitative estimate of drug-likeness (QED) is 0.586. The fraction of sp³-hybridized carbons (Fsp3) is 0.600. The molecule has 1 aromatic carbocycles. The van der Waals surface area contributed by atoms with Gasteiger partial charge in [-0.3, -0.25) is 9.59 Å². The van der Waals surface area contributed by atoms with Crippen LogP contribution in [0.1, 0.15) is 35.7 Å². The zero-order chi connectivity index (χ0) is 21.0. The maximum Gasteiger partial charge on any atom is 0.325 e. The molecular weight excluding hydrogens is 396 g/mol. The summed E-state index contributed by atoms with van der Waals surface area (Å²) in [6.07, 6.45) is 2.05. The van der Waals surface area contributed by atoms with Crippen LogP contribution in [0.5, 0.6) is 0 Å². The standard InChI is InChI=1S/C20H28N2O6S/c1-3-28-19(23)14-21(13-16-5-6-16)20(24)17-7-4-15(2)18(12-17)29(25,26)22-8-10-27-11-9-22/h4,7,12,16H,3,5-6,8-11,13-14H2,1-2H3. The number of hydrogen-bond donors (Lipinski definition) is 0. The highest BCUT2D eigenvalue weighted by molar-refractivity contribution is 7.89. The highest BCUT2D eigenvalue weighted by atomic mass is 32.2. The number of carbonyl (C=O) groups is 2. The molecule has 1 aliphatic carbocycles. The average molecular weight is 425 g/mol. The number of nitrogens with zero attached hydrogens (tertiary/aromatic N) is 2. The predicted octanol–water partition coefficient (Wildman–Crippen LogP) is 1.43. The lowest BCUT2D eigenvalue weighted by Gasteiger charge is -2.27. The van der Waals surface area contributed by atoms with E-state index >= 15 is 0 Å². The van der Waals surface area contributed by atoms with Gasteiger partial charge in [0.1, 0.15) is 6.54 Å². The van der Waals surface area contributed by atoms with E-state index in [1.807, 2.05) is 0 Å². The summed E-state index contributed by atoms with van der Waals surface area (Å²) in [6.45, 7) is 5.29. The van der Waals surface area contributed by atoms with Gasteiger partial charge in [0.15, 0.2) is 0 Å². The fourth-order valence-corrected chi connectivity index (χ4v) is 4.97. The van der Waals surface area contributed by atoms with Crippen molar-refractivity contribution in [1.82, 2.24) is 9.21 Å². The summed E-state index contributed by atoms with van der Waals surface area (Å²) in [4.78, 5) is 26.6. The molecule has 0 atom stereocenters. The summed E-state index contributed by atoms with van der Waals surface area (Å²) in [5.41, 5.74) is 0.833. The van der Waals surface area contributed by atoms with Crippen LogP contribution in [-0.4, -0.2) is 75.5 Å². The average Bonchev–Trinajstić information content (AvgIpc) is 3.52. The summed E-state index contributed by atoms with van der Waals surface area (Å²) in [5, 5.41) is 0. The van der Waals surface area contributed by atoms with Crippen LogP contribution in [0.3, 0.4) is 0 Å². The zero-order valence-corrected chi connectivity index (χ0v) is 17.7. The van der Waals surface area contributed by atoms with E-state index in [9.17, 15) is 18.0 Å². The second-order valence-corrected chi connectivity index (χ2v) is 9.34. The van der Waals surface area contributed by atoms with Crippen molar-refractivity contribution in [3.8, 4) is 0 Å². The van der Waals surface area contributed by atoms with Crippen molar-refractivity contribution in [2.75, 3.05) is 46.0 Å². The van der Waals surface area contributed by atoms with E-state index in [4.69, 9.17) is 9.47 Å². The van der Waals surface area contributed by atoms with Crippen molar-refractivity contribution in [3.63, 3.8) is 0 Å². The Kier molecular flexibility index (Phi) is 6.92. The molecule has 1 aliphatic heterocycles. The van der Waals surface area contributed by atoms with E-state index in [1.165, 1.54) is 15.3 Å². The Balaban J connectivity index is 1.85. The largest absolute Gasteiger partial charge is 0.465 e. The highest BCUT2D eigenvalue weighted by Gasteiger charge is 2.31. The van der Waals surface area contributed by atoms with Crippen molar-refractivity contribution in [3.05, 3.63) is 29.3 Å². The van der Waals surface area contributed by atoms with E-state index in [2.05, 4.69) is 0 Å². The first-order valence-corrected chi connectivity index (χ1v) is 11.4. The van der Waals surface area contributed by atoms with Gasteiger partial charge in [-0.1, -0.05) is 6.07 Å². The SMILES string of the molecule is CCOC(=O)CN(CC1CC1)C(=O)c1ccc(C)c(S(=O)(=O)N2CCOCC2)c1. The number of carbonyl (C=O) groups excluding carboxylic acids is 2. The topological polar surface area (TPSA) is 93.2 Å². The lowest BCUT2D eigenvalue weighted by atomic mass is 10.1. The second-order valence-electron chi connectivity index (χ2n) is 7.43. The van der Waals surface area contributed by atoms with Gasteiger partial charge >= 0.3 is 5.97 Å². The number of esters is 1. The van der Waals surface area contributed by atoms with E-state index in [0.717, 1.165) is 12.8 Å². The number of sulfonamides is 1. The van der Waals surface area contributed by atoms with Crippen LogP contribution in [0.25, 0.3) is 0 Å². The highest BCUT2D eigenvalue weighted by Crippen LogP contribution is 2.30. The summed E-state index contributed by atoms with van der Waals surface area (Å²) < 4.78 is 37.8. The van der Waals surface area contributed by atoms with E-state index < -0.39 is 16.0 Å². The minimum absolute atomic E-state index is 0.118. The molecular formula is C20H28N2O6S. The lowest BCUT2D eigenvalue weighted by molar-refractivity contribution is -0.143. The Hall–Kier alpha value is -1.97. The molecule has 1 aromatic rings. The fourth-order valence-electron chi connectivity index (χ4n) is 3.31. The number of rotatable bonds is 8. The van der Waals surface area contributed by atoms with Crippen molar-refractivity contribution in [2.45, 2.75) is 31.6 Å². The molecule has 1 saturated heterocycles. The number of benzene rings is 1. The summed E-state index contributed by atoms with van der Waals surface area (Å²) in [7, 11) is -3.73. The van der Waals surface area contributed by atoms with Crippen LogP contribution in [-0.2, 0) is 24.3 Å². The molecule has 0 bridgehead atoms. The van der Waals surface area contributed by atoms with Gasteiger partial charge in [0, 0.05) is 25.2 Å². The molecule has 29 heavy (non-hydrogen) atoms. The molecule has 9 heteroatoms. The summed E-state index contributed by atoms with van der Waals surface area (Å²) in [6, 6.07) is 4.68. The summed E-state index contributed by atoms with van der Waals surface area (Å²) in [5.74, 6) is -0.437. The Morgan fingerprint density at radius 1 is 1.24 bits per heavy atom. The Labute approximate surface area is 171 Å². The van der Waals surface area contributed by atoms with Crippen molar-refractivity contribution in [1.29, 1.82) is 0 Å². The molecule has 8 nitrogen and oxygen atoms in total. The first kappa shape index (κ1) is 21.7. The molecule has 0 unspecified atom stereocenters. The van der Waals surface area contributed by atoms with Gasteiger partial charge in [-0.15, -0.1) is 0 Å². The van der Waals surface area contributed by atoms with Crippen LogP contribution in [0.15, 0.2) is 23.1 Å². The van der Waals surface area contributed by atoms with Crippen molar-refractivity contribution >= 4 is 21.9 Å². The minimum Gasteiger partial charge on any atom is -0.465 e. The Morgan fingerprint density at radius 2 is 1.93 bits per heavy atom. The van der Waals surface area contributed by atoms with Crippen LogP contribution in [0.4, 0.5) is 0 Å². The number of hydrogen-bond acceptors (Lipinski definition) is 6. The molecule has 3 rings (SSSR count). The maximum absolute atomic E-state index is 13.1. The lowest BCUT2D eigenvalue weighted by Crippen LogP contribution is -2.41. The van der Waals surface area contributed by atoms with Crippen LogP contribution < -0.4 is 0 Å². The van der Waals surface area contributed by atoms with Crippen LogP contribution in [0.2, 0.25) is 0 Å². The zero-order valence-electron chi connectivity index (χ0n) is 16.9. The second kappa shape index (κ2) is 9.23. The first-order valence-electron chi connectivity index (χ1n) is 9.96. The molecule has 1 amide bonds. The van der Waals surface area contributed by atoms with E-state index in [-0.39, 0.29) is 42.6 Å². The predicted molar refractivity (Wildman–Crippen MR) is 106 cm³/mol. The summed E-state index contributed by atoms with van der Waals surface area (Å²) >= 11 is 0. The number of amides is 1. The number of ether oxygens (including phenoxy) is 2. The van der Waals surface area contributed by atoms with Gasteiger partial charge in [0.05, 0.1) is 24.7 Å². The Bertz CT molecular complexity index is 860. The third kappa shape index (κ3) is 5.34. The van der Waals surface area contributed by atoms with Crippen molar-refractivity contribution in [2.24, 2.45) is 5.92 Å². The first-order chi connectivity index (χ1) is 13.8. The van der Waals surface area contributed by atoms with Crippen LogP contribution in [0, 0.1) is 12.8 Å². The molecule has 2 aliphatic rings. The van der Waals surface area contributed by atoms with Crippen LogP contribution >= 0.6 is 0 Å². The third-order valence-electron chi connectivity index (χ3n) is 5.11. The van der Waals surface area contributed by atoms with E-state index in [1.54, 1.807) is 26.0 Å². The smallest absolute Gasteiger partial charge is 0.325 e. The maximum atomic E-state index is 13.1. The normalized spacial score (nSPS) is 17.7. The minimum atomic E-state index is -3.73. The van der Waals surface area contributed by atoms with Gasteiger partial charge in [-0.05, 0) is 50.3 Å². The van der Waals surface area contributed by atoms with Crippen molar-refractivity contribution < 1.29 is 27.5 Å². The monoisotopic (exact) mass is 424 g/mol.